The van der Waals surface area contributed by atoms with Crippen LogP contribution >= 0.6 is 0 Å². The highest BCUT2D eigenvalue weighted by Gasteiger charge is 2.19. The van der Waals surface area contributed by atoms with Crippen LogP contribution in [0.1, 0.15) is 50.9 Å². The third kappa shape index (κ3) is 5.29. The first-order valence-corrected chi connectivity index (χ1v) is 9.41. The zero-order valence-electron chi connectivity index (χ0n) is 17.7. The summed E-state index contributed by atoms with van der Waals surface area (Å²) >= 11 is 0. The molecule has 1 aliphatic heterocycles. The maximum absolute atomic E-state index is 13.5. The van der Waals surface area contributed by atoms with Crippen LogP contribution in [0.2, 0.25) is 0 Å². The summed E-state index contributed by atoms with van der Waals surface area (Å²) < 4.78 is 24.8. The van der Waals surface area contributed by atoms with Crippen molar-refractivity contribution in [1.82, 2.24) is 9.78 Å². The molecule has 1 aliphatic rings. The van der Waals surface area contributed by atoms with E-state index in [1.165, 1.54) is 11.3 Å². The van der Waals surface area contributed by atoms with E-state index in [9.17, 15) is 8.78 Å². The lowest BCUT2D eigenvalue weighted by Crippen LogP contribution is -2.24. The fraction of sp³-hybridized carbons (Fsp3) is 0.571. The molecule has 148 valence electrons. The lowest BCUT2D eigenvalue weighted by atomic mass is 9.93. The van der Waals surface area contributed by atoms with Gasteiger partial charge in [-0.3, -0.25) is 9.07 Å². The van der Waals surface area contributed by atoms with E-state index in [2.05, 4.69) is 23.1 Å². The molecule has 0 N–H and O–H groups in total. The van der Waals surface area contributed by atoms with Gasteiger partial charge in [0.1, 0.15) is 6.67 Å². The Morgan fingerprint density at radius 3 is 2.15 bits per heavy atom. The number of fused-ring (bicyclic) bond motifs is 1. The van der Waals surface area contributed by atoms with Crippen LogP contribution in [-0.4, -0.2) is 30.6 Å². The molecule has 0 aliphatic carbocycles. The van der Waals surface area contributed by atoms with Crippen LogP contribution in [-0.2, 0) is 20.1 Å². The van der Waals surface area contributed by atoms with E-state index >= 15 is 0 Å². The van der Waals surface area contributed by atoms with Crippen molar-refractivity contribution < 1.29 is 8.78 Å². The number of aromatic nitrogens is 2. The van der Waals surface area contributed by atoms with Crippen molar-refractivity contribution in [2.24, 2.45) is 7.05 Å². The quantitative estimate of drug-likeness (QED) is 0.660. The maximum atomic E-state index is 13.5. The van der Waals surface area contributed by atoms with Gasteiger partial charge in [0.15, 0.2) is 0 Å². The Morgan fingerprint density at radius 2 is 1.65 bits per heavy atom. The molecule has 0 saturated heterocycles. The van der Waals surface area contributed by atoms with Crippen molar-refractivity contribution >= 4 is 5.69 Å². The molecule has 2 heterocycles. The second-order valence-electron chi connectivity index (χ2n) is 5.56. The minimum Gasteiger partial charge on any atom is -0.374 e. The molecule has 0 fully saturated rings. The zero-order valence-corrected chi connectivity index (χ0v) is 17.7. The summed E-state index contributed by atoms with van der Waals surface area (Å²) in [6.07, 6.45) is 4.06. The molecule has 0 spiro atoms. The largest absolute Gasteiger partial charge is 0.374 e. The minimum absolute atomic E-state index is 0.440. The van der Waals surface area contributed by atoms with Crippen molar-refractivity contribution in [3.05, 3.63) is 35.2 Å². The van der Waals surface area contributed by atoms with E-state index in [4.69, 9.17) is 0 Å². The van der Waals surface area contributed by atoms with Crippen LogP contribution in [0.3, 0.4) is 0 Å². The van der Waals surface area contributed by atoms with Gasteiger partial charge in [0.25, 0.3) is 0 Å². The molecular weight excluding hydrogens is 332 g/mol. The summed E-state index contributed by atoms with van der Waals surface area (Å²) in [4.78, 5) is 2.22. The van der Waals surface area contributed by atoms with Gasteiger partial charge in [-0.2, -0.15) is 5.10 Å². The summed E-state index contributed by atoms with van der Waals surface area (Å²) in [6.45, 7) is 10.6. The number of hydrogen-bond acceptors (Lipinski definition) is 2. The van der Waals surface area contributed by atoms with Gasteiger partial charge in [-0.25, -0.2) is 4.39 Å². The van der Waals surface area contributed by atoms with Crippen LogP contribution < -0.4 is 4.90 Å². The second-order valence-corrected chi connectivity index (χ2v) is 5.56. The van der Waals surface area contributed by atoms with E-state index in [1.54, 1.807) is 0 Å². The van der Waals surface area contributed by atoms with Gasteiger partial charge in [0.05, 0.1) is 13.4 Å². The molecule has 0 saturated carbocycles. The average molecular weight is 368 g/mol. The van der Waals surface area contributed by atoms with Gasteiger partial charge in [-0.15, -0.1) is 0 Å². The predicted molar refractivity (Wildman–Crippen MR) is 110 cm³/mol. The van der Waals surface area contributed by atoms with Crippen LogP contribution in [0, 0.1) is 6.92 Å². The lowest BCUT2D eigenvalue weighted by molar-refractivity contribution is 0.486. The zero-order chi connectivity index (χ0) is 20.3. The topological polar surface area (TPSA) is 21.1 Å². The van der Waals surface area contributed by atoms with Crippen LogP contribution in [0.4, 0.5) is 14.5 Å². The molecule has 0 amide bonds. The molecular formula is C21H35F2N3. The monoisotopic (exact) mass is 367 g/mol. The van der Waals surface area contributed by atoms with Crippen molar-refractivity contribution in [2.75, 3.05) is 25.7 Å². The highest BCUT2D eigenvalue weighted by molar-refractivity contribution is 5.74. The minimum atomic E-state index is -0.440. The summed E-state index contributed by atoms with van der Waals surface area (Å²) in [7, 11) is 4.50. The van der Waals surface area contributed by atoms with Crippen molar-refractivity contribution in [3.8, 4) is 11.1 Å². The number of anilines is 1. The molecule has 0 unspecified atom stereocenters. The van der Waals surface area contributed by atoms with E-state index in [-0.39, 0.29) is 0 Å². The van der Waals surface area contributed by atoms with Gasteiger partial charge in [0, 0.05) is 37.6 Å². The molecule has 2 aromatic rings. The molecule has 26 heavy (non-hydrogen) atoms. The standard InChI is InChI=1S/C16H20FN3.2C2H6.CH3F/c1-11-15(10-18-20(11)3)14-7-12-5-4-6-19(2)16(12)8-13(14)9-17;3*1-2/h7-8,10H,4-6,9H2,1-3H3;2*1-2H3;1H3. The van der Waals surface area contributed by atoms with Gasteiger partial charge < -0.3 is 4.90 Å². The van der Waals surface area contributed by atoms with Crippen molar-refractivity contribution in [1.29, 1.82) is 0 Å². The Labute approximate surface area is 158 Å². The van der Waals surface area contributed by atoms with Crippen molar-refractivity contribution in [3.63, 3.8) is 0 Å². The van der Waals surface area contributed by atoms with Crippen LogP contribution in [0.5, 0.6) is 0 Å². The normalized spacial score (nSPS) is 11.8. The fourth-order valence-electron chi connectivity index (χ4n) is 2.98. The summed E-state index contributed by atoms with van der Waals surface area (Å²) in [5, 5.41) is 4.28. The first kappa shape index (κ1) is 24.1. The fourth-order valence-corrected chi connectivity index (χ4v) is 2.98. The Morgan fingerprint density at radius 1 is 1.04 bits per heavy atom. The summed E-state index contributed by atoms with van der Waals surface area (Å²) in [6, 6.07) is 4.17. The second kappa shape index (κ2) is 12.4. The number of hydrogen-bond donors (Lipinski definition) is 0. The third-order valence-electron chi connectivity index (χ3n) is 4.32. The Hall–Kier alpha value is -1.91. The van der Waals surface area contributed by atoms with E-state index in [0.29, 0.717) is 7.18 Å². The Balaban J connectivity index is 0.000000948. The molecule has 3 nitrogen and oxygen atoms in total. The van der Waals surface area contributed by atoms with Crippen LogP contribution in [0.15, 0.2) is 18.3 Å². The third-order valence-corrected chi connectivity index (χ3v) is 4.32. The SMILES string of the molecule is CC.CC.CF.Cc1c(-c2cc3c(cc2CF)N(C)CCC3)cnn1C. The number of aryl methyl sites for hydroxylation is 2. The van der Waals surface area contributed by atoms with E-state index in [0.717, 1.165) is 41.8 Å². The average Bonchev–Trinajstić information content (AvgIpc) is 3.04. The molecule has 0 atom stereocenters. The first-order chi connectivity index (χ1) is 12.6. The predicted octanol–water partition coefficient (Wildman–Crippen LogP) is 5.89. The lowest BCUT2D eigenvalue weighted by Gasteiger charge is -2.29. The molecule has 1 aromatic heterocycles. The first-order valence-electron chi connectivity index (χ1n) is 9.41. The van der Waals surface area contributed by atoms with Gasteiger partial charge in [-0.1, -0.05) is 27.7 Å². The number of nitrogens with zero attached hydrogens (tertiary/aromatic N) is 3. The molecule has 5 heteroatoms. The van der Waals surface area contributed by atoms with E-state index < -0.39 is 6.67 Å². The molecule has 3 rings (SSSR count). The summed E-state index contributed by atoms with van der Waals surface area (Å²) in [5.74, 6) is 0. The number of halogens is 2. The Kier molecular flexibility index (Phi) is 11.5. The number of rotatable bonds is 2. The van der Waals surface area contributed by atoms with Gasteiger partial charge in [-0.05, 0) is 48.6 Å². The maximum Gasteiger partial charge on any atom is 0.115 e. The van der Waals surface area contributed by atoms with Gasteiger partial charge >= 0.3 is 0 Å². The Bertz CT molecular complexity index is 651. The van der Waals surface area contributed by atoms with Crippen molar-refractivity contribution in [2.45, 2.75) is 54.1 Å². The van der Waals surface area contributed by atoms with Gasteiger partial charge in [0.2, 0.25) is 0 Å². The number of benzene rings is 1. The summed E-state index contributed by atoms with van der Waals surface area (Å²) in [5.41, 5.74) is 6.35. The smallest absolute Gasteiger partial charge is 0.115 e. The highest BCUT2D eigenvalue weighted by atomic mass is 19.1. The molecule has 1 aromatic carbocycles. The molecule has 0 radical (unpaired) electrons. The van der Waals surface area contributed by atoms with Crippen LogP contribution in [0.25, 0.3) is 11.1 Å². The molecule has 0 bridgehead atoms. The number of alkyl halides is 2. The van der Waals surface area contributed by atoms with E-state index in [1.807, 2.05) is 58.6 Å². The highest BCUT2D eigenvalue weighted by Crippen LogP contribution is 2.35.